The van der Waals surface area contributed by atoms with Crippen molar-refractivity contribution in [3.63, 3.8) is 0 Å². The Morgan fingerprint density at radius 2 is 2.00 bits per heavy atom. The van der Waals surface area contributed by atoms with E-state index in [1.54, 1.807) is 7.11 Å². The maximum Gasteiger partial charge on any atom is 0.129 e. The minimum Gasteiger partial charge on any atom is -0.496 e. The van der Waals surface area contributed by atoms with E-state index in [2.05, 4.69) is 52.1 Å². The van der Waals surface area contributed by atoms with Crippen molar-refractivity contribution in [2.75, 3.05) is 7.11 Å². The van der Waals surface area contributed by atoms with E-state index in [4.69, 9.17) is 4.74 Å². The molecule has 0 aliphatic heterocycles. The van der Waals surface area contributed by atoms with Crippen molar-refractivity contribution in [2.45, 2.75) is 40.5 Å². The quantitative estimate of drug-likeness (QED) is 0.701. The minimum atomic E-state index is 0.245. The molecule has 0 radical (unpaired) electrons. The topological polar surface area (TPSA) is 9.23 Å². The van der Waals surface area contributed by atoms with Crippen LogP contribution < -0.4 is 4.74 Å². The third kappa shape index (κ3) is 3.78. The minimum absolute atomic E-state index is 0.245. The van der Waals surface area contributed by atoms with Crippen LogP contribution in [0.4, 0.5) is 0 Å². The molecule has 0 spiro atoms. The van der Waals surface area contributed by atoms with Gasteiger partial charge in [0.25, 0.3) is 0 Å². The molecule has 0 amide bonds. The molecule has 1 nitrogen and oxygen atoms in total. The molecule has 0 heterocycles. The van der Waals surface area contributed by atoms with E-state index in [1.807, 2.05) is 6.08 Å². The van der Waals surface area contributed by atoms with Gasteiger partial charge >= 0.3 is 0 Å². The fourth-order valence-corrected chi connectivity index (χ4v) is 2.15. The molecule has 0 aliphatic rings. The van der Waals surface area contributed by atoms with Crippen LogP contribution in [0, 0.1) is 5.41 Å². The van der Waals surface area contributed by atoms with Crippen molar-refractivity contribution < 1.29 is 4.74 Å². The van der Waals surface area contributed by atoms with Crippen LogP contribution in [0.15, 0.2) is 24.4 Å². The Bertz CT molecular complexity index is 457. The highest BCUT2D eigenvalue weighted by atomic mass is 16.5. The maximum absolute atomic E-state index is 5.58. The predicted octanol–water partition coefficient (Wildman–Crippen LogP) is 4.64. The fourth-order valence-electron chi connectivity index (χ4n) is 2.15. The second kappa shape index (κ2) is 5.93. The SMILES string of the molecule is C=C=Cc1cc(CC)cc(CC(C)(C)C)c1OC. The molecule has 0 N–H and O–H groups in total. The van der Waals surface area contributed by atoms with Gasteiger partial charge in [-0.2, -0.15) is 0 Å². The number of rotatable bonds is 4. The van der Waals surface area contributed by atoms with Crippen LogP contribution in [-0.4, -0.2) is 7.11 Å². The summed E-state index contributed by atoms with van der Waals surface area (Å²) in [6.07, 6.45) is 3.92. The predicted molar refractivity (Wildman–Crippen MR) is 79.1 cm³/mol. The average Bonchev–Trinajstić information content (AvgIpc) is 2.27. The molecular weight excluding hydrogens is 220 g/mol. The van der Waals surface area contributed by atoms with Crippen LogP contribution in [0.2, 0.25) is 0 Å². The molecule has 0 unspecified atom stereocenters. The molecular formula is C17H24O. The van der Waals surface area contributed by atoms with Crippen molar-refractivity contribution in [3.8, 4) is 5.75 Å². The normalized spacial score (nSPS) is 10.9. The summed E-state index contributed by atoms with van der Waals surface area (Å²) in [6.45, 7) is 12.6. The smallest absolute Gasteiger partial charge is 0.129 e. The lowest BCUT2D eigenvalue weighted by atomic mass is 9.86. The van der Waals surface area contributed by atoms with Gasteiger partial charge in [0, 0.05) is 5.56 Å². The summed E-state index contributed by atoms with van der Waals surface area (Å²) >= 11 is 0. The van der Waals surface area contributed by atoms with Gasteiger partial charge in [-0.15, -0.1) is 5.73 Å². The van der Waals surface area contributed by atoms with Gasteiger partial charge in [-0.3, -0.25) is 0 Å². The van der Waals surface area contributed by atoms with Crippen molar-refractivity contribution in [1.82, 2.24) is 0 Å². The van der Waals surface area contributed by atoms with Crippen LogP contribution in [-0.2, 0) is 12.8 Å². The van der Waals surface area contributed by atoms with E-state index in [0.29, 0.717) is 0 Å². The van der Waals surface area contributed by atoms with Gasteiger partial charge in [-0.05, 0) is 41.5 Å². The van der Waals surface area contributed by atoms with E-state index < -0.39 is 0 Å². The van der Waals surface area contributed by atoms with Gasteiger partial charge < -0.3 is 4.74 Å². The molecule has 0 bridgehead atoms. The average molecular weight is 244 g/mol. The van der Waals surface area contributed by atoms with Crippen molar-refractivity contribution in [3.05, 3.63) is 41.1 Å². The van der Waals surface area contributed by atoms with Crippen LogP contribution in [0.25, 0.3) is 6.08 Å². The van der Waals surface area contributed by atoms with Crippen LogP contribution in [0.3, 0.4) is 0 Å². The Kier molecular flexibility index (Phi) is 4.81. The molecule has 18 heavy (non-hydrogen) atoms. The number of hydrogen-bond donors (Lipinski definition) is 0. The first-order valence-corrected chi connectivity index (χ1v) is 6.47. The van der Waals surface area contributed by atoms with E-state index in [9.17, 15) is 0 Å². The zero-order valence-electron chi connectivity index (χ0n) is 12.3. The summed E-state index contributed by atoms with van der Waals surface area (Å²) in [7, 11) is 1.73. The van der Waals surface area contributed by atoms with Crippen LogP contribution >= 0.6 is 0 Å². The van der Waals surface area contributed by atoms with Gasteiger partial charge in [0.2, 0.25) is 0 Å². The van der Waals surface area contributed by atoms with Gasteiger partial charge in [0.05, 0.1) is 7.11 Å². The first-order valence-electron chi connectivity index (χ1n) is 6.47. The summed E-state index contributed by atoms with van der Waals surface area (Å²) in [5, 5.41) is 0. The third-order valence-electron chi connectivity index (χ3n) is 2.85. The van der Waals surface area contributed by atoms with Gasteiger partial charge in [0.15, 0.2) is 0 Å². The molecule has 1 aromatic rings. The summed E-state index contributed by atoms with van der Waals surface area (Å²) < 4.78 is 5.58. The second-order valence-corrected chi connectivity index (χ2v) is 5.82. The molecule has 0 fully saturated rings. The number of methoxy groups -OCH3 is 1. The van der Waals surface area contributed by atoms with Crippen LogP contribution in [0.1, 0.15) is 44.4 Å². The standard InChI is InChI=1S/C17H24O/c1-7-9-14-10-13(8-2)11-15(16(14)18-6)12-17(3,4)5/h9-11H,1,8,12H2,2-6H3. The highest BCUT2D eigenvalue weighted by molar-refractivity contribution is 5.61. The van der Waals surface area contributed by atoms with E-state index in [0.717, 1.165) is 24.2 Å². The number of aryl methyl sites for hydroxylation is 1. The molecule has 0 saturated heterocycles. The number of hydrogen-bond acceptors (Lipinski definition) is 1. The Hall–Kier alpha value is -1.46. The molecule has 0 aliphatic carbocycles. The second-order valence-electron chi connectivity index (χ2n) is 5.82. The Balaban J connectivity index is 3.37. The van der Waals surface area contributed by atoms with Crippen LogP contribution in [0.5, 0.6) is 5.75 Å². The molecule has 0 aromatic heterocycles. The highest BCUT2D eigenvalue weighted by Crippen LogP contribution is 2.32. The first kappa shape index (κ1) is 14.6. The largest absolute Gasteiger partial charge is 0.496 e. The Morgan fingerprint density at radius 3 is 2.44 bits per heavy atom. The van der Waals surface area contributed by atoms with Gasteiger partial charge in [-0.25, -0.2) is 0 Å². The molecule has 0 atom stereocenters. The number of ether oxygens (including phenoxy) is 1. The molecule has 1 rings (SSSR count). The first-order chi connectivity index (χ1) is 8.41. The Labute approximate surface area is 111 Å². The molecule has 98 valence electrons. The summed E-state index contributed by atoms with van der Waals surface area (Å²) in [5.74, 6) is 0.957. The summed E-state index contributed by atoms with van der Waals surface area (Å²) in [6, 6.07) is 4.41. The summed E-state index contributed by atoms with van der Waals surface area (Å²) in [5.41, 5.74) is 6.76. The zero-order valence-corrected chi connectivity index (χ0v) is 12.3. The monoisotopic (exact) mass is 244 g/mol. The van der Waals surface area contributed by atoms with Crippen molar-refractivity contribution in [2.24, 2.45) is 5.41 Å². The molecule has 1 heteroatoms. The maximum atomic E-state index is 5.58. The van der Waals surface area contributed by atoms with Crippen molar-refractivity contribution in [1.29, 1.82) is 0 Å². The fraction of sp³-hybridized carbons (Fsp3) is 0.471. The van der Waals surface area contributed by atoms with E-state index >= 15 is 0 Å². The van der Waals surface area contributed by atoms with E-state index in [-0.39, 0.29) is 5.41 Å². The highest BCUT2D eigenvalue weighted by Gasteiger charge is 2.17. The lowest BCUT2D eigenvalue weighted by Crippen LogP contribution is -2.11. The summed E-state index contributed by atoms with van der Waals surface area (Å²) in [4.78, 5) is 0. The number of benzene rings is 1. The molecule has 0 saturated carbocycles. The lowest BCUT2D eigenvalue weighted by molar-refractivity contribution is 0.378. The van der Waals surface area contributed by atoms with Gasteiger partial charge in [-0.1, -0.05) is 40.3 Å². The third-order valence-corrected chi connectivity index (χ3v) is 2.85. The lowest BCUT2D eigenvalue weighted by Gasteiger charge is -2.21. The Morgan fingerprint density at radius 1 is 1.33 bits per heavy atom. The van der Waals surface area contributed by atoms with E-state index in [1.165, 1.54) is 11.1 Å². The molecule has 1 aromatic carbocycles. The van der Waals surface area contributed by atoms with Crippen molar-refractivity contribution >= 4 is 6.08 Å². The zero-order chi connectivity index (χ0) is 13.8. The van der Waals surface area contributed by atoms with Gasteiger partial charge in [0.1, 0.15) is 5.75 Å².